The van der Waals surface area contributed by atoms with Crippen LogP contribution in [0.1, 0.15) is 45.4 Å². The van der Waals surface area contributed by atoms with E-state index in [1.165, 1.54) is 30.6 Å². The molecule has 1 saturated heterocycles. The van der Waals surface area contributed by atoms with Crippen molar-refractivity contribution < 1.29 is 4.79 Å². The molecule has 114 valence electrons. The quantitative estimate of drug-likeness (QED) is 0.889. The summed E-state index contributed by atoms with van der Waals surface area (Å²) in [5.74, 6) is 0.0798. The molecule has 1 amide bonds. The van der Waals surface area contributed by atoms with Crippen LogP contribution >= 0.6 is 11.8 Å². The topological polar surface area (TPSA) is 41.1 Å². The van der Waals surface area contributed by atoms with Gasteiger partial charge in [-0.1, -0.05) is 12.8 Å². The van der Waals surface area contributed by atoms with Crippen LogP contribution < -0.4 is 10.6 Å². The van der Waals surface area contributed by atoms with Crippen LogP contribution in [-0.4, -0.2) is 23.2 Å². The van der Waals surface area contributed by atoms with E-state index in [9.17, 15) is 4.79 Å². The lowest BCUT2D eigenvalue weighted by Gasteiger charge is -2.23. The lowest BCUT2D eigenvalue weighted by atomic mass is 9.99. The average molecular weight is 304 g/mol. The number of carbonyl (C=O) groups excluding carboxylic acids is 1. The summed E-state index contributed by atoms with van der Waals surface area (Å²) in [6.07, 6.45) is 7.41. The molecule has 4 heteroatoms. The fourth-order valence-corrected chi connectivity index (χ4v) is 4.42. The van der Waals surface area contributed by atoms with Crippen LogP contribution in [0.15, 0.2) is 29.2 Å². The molecule has 0 spiro atoms. The molecule has 0 radical (unpaired) electrons. The molecule has 1 aliphatic carbocycles. The summed E-state index contributed by atoms with van der Waals surface area (Å²) in [5.41, 5.74) is 0.489. The van der Waals surface area contributed by atoms with Gasteiger partial charge in [0.15, 0.2) is 0 Å². The van der Waals surface area contributed by atoms with Gasteiger partial charge in [0.25, 0.3) is 0 Å². The number of hydrogen-bond acceptors (Lipinski definition) is 3. The Hall–Kier alpha value is -1.00. The highest BCUT2D eigenvalue weighted by atomic mass is 32.2. The van der Waals surface area contributed by atoms with Gasteiger partial charge in [-0.15, -0.1) is 11.8 Å². The second-order valence-corrected chi connectivity index (χ2v) is 7.74. The summed E-state index contributed by atoms with van der Waals surface area (Å²) in [6.45, 7) is 2.92. The van der Waals surface area contributed by atoms with Gasteiger partial charge in [0.1, 0.15) is 0 Å². The van der Waals surface area contributed by atoms with Crippen LogP contribution in [-0.2, 0) is 4.79 Å². The highest BCUT2D eigenvalue weighted by Gasteiger charge is 2.35. The summed E-state index contributed by atoms with van der Waals surface area (Å²) in [6, 6.07) is 8.30. The highest BCUT2D eigenvalue weighted by molar-refractivity contribution is 8.00. The highest BCUT2D eigenvalue weighted by Crippen LogP contribution is 2.35. The smallest absolute Gasteiger partial charge is 0.244 e. The zero-order chi connectivity index (χ0) is 14.7. The Balaban J connectivity index is 1.57. The lowest BCUT2D eigenvalue weighted by Crippen LogP contribution is -2.47. The molecule has 2 N–H and O–H groups in total. The molecular weight excluding hydrogens is 280 g/mol. The zero-order valence-corrected chi connectivity index (χ0v) is 13.5. The predicted molar refractivity (Wildman–Crippen MR) is 88.8 cm³/mol. The molecular formula is C17H24N2OS. The summed E-state index contributed by atoms with van der Waals surface area (Å²) in [5, 5.41) is 7.12. The minimum absolute atomic E-state index is 0.0798. The van der Waals surface area contributed by atoms with E-state index in [0.717, 1.165) is 30.3 Å². The van der Waals surface area contributed by atoms with E-state index in [1.807, 2.05) is 30.8 Å². The van der Waals surface area contributed by atoms with E-state index in [0.29, 0.717) is 0 Å². The van der Waals surface area contributed by atoms with Crippen molar-refractivity contribution in [2.45, 2.75) is 61.1 Å². The number of nitrogens with one attached hydrogen (secondary N) is 2. The maximum Gasteiger partial charge on any atom is 0.244 e. The van der Waals surface area contributed by atoms with E-state index in [4.69, 9.17) is 0 Å². The first-order valence-corrected chi connectivity index (χ1v) is 8.87. The van der Waals surface area contributed by atoms with Gasteiger partial charge >= 0.3 is 0 Å². The van der Waals surface area contributed by atoms with Crippen molar-refractivity contribution in [2.24, 2.45) is 0 Å². The lowest BCUT2D eigenvalue weighted by molar-refractivity contribution is -0.121. The van der Waals surface area contributed by atoms with Gasteiger partial charge in [-0.2, -0.15) is 0 Å². The first kappa shape index (κ1) is 14.9. The number of carbonyl (C=O) groups is 1. The largest absolute Gasteiger partial charge is 0.324 e. The van der Waals surface area contributed by atoms with Crippen LogP contribution in [0, 0.1) is 0 Å². The molecule has 2 fully saturated rings. The van der Waals surface area contributed by atoms with E-state index < -0.39 is 5.54 Å². The molecule has 0 bridgehead atoms. The molecule has 1 heterocycles. The molecule has 1 atom stereocenters. The van der Waals surface area contributed by atoms with Crippen LogP contribution in [0.5, 0.6) is 0 Å². The first-order valence-electron chi connectivity index (χ1n) is 7.99. The number of hydrogen-bond donors (Lipinski definition) is 2. The van der Waals surface area contributed by atoms with E-state index in [-0.39, 0.29) is 5.91 Å². The van der Waals surface area contributed by atoms with E-state index in [1.54, 1.807) is 0 Å². The monoisotopic (exact) mass is 304 g/mol. The zero-order valence-electron chi connectivity index (χ0n) is 12.7. The summed E-state index contributed by atoms with van der Waals surface area (Å²) >= 11 is 1.98. The molecule has 3 rings (SSSR count). The Morgan fingerprint density at radius 2 is 1.95 bits per heavy atom. The van der Waals surface area contributed by atoms with Crippen LogP contribution in [0.2, 0.25) is 0 Å². The SMILES string of the molecule is CC1(C(=O)Nc2ccc(SC3CCCC3)cc2)CCCN1. The van der Waals surface area contributed by atoms with Crippen molar-refractivity contribution in [3.8, 4) is 0 Å². The van der Waals surface area contributed by atoms with Crippen LogP contribution in [0.4, 0.5) is 5.69 Å². The van der Waals surface area contributed by atoms with Gasteiger partial charge in [0.05, 0.1) is 5.54 Å². The van der Waals surface area contributed by atoms with Crippen molar-refractivity contribution in [2.75, 3.05) is 11.9 Å². The Bertz CT molecular complexity index is 488. The minimum atomic E-state index is -0.405. The van der Waals surface area contributed by atoms with Crippen molar-refractivity contribution in [1.82, 2.24) is 5.32 Å². The first-order chi connectivity index (χ1) is 10.2. The average Bonchev–Trinajstić information content (AvgIpc) is 3.13. The van der Waals surface area contributed by atoms with Crippen LogP contribution in [0.25, 0.3) is 0 Å². The number of benzene rings is 1. The van der Waals surface area contributed by atoms with Crippen LogP contribution in [0.3, 0.4) is 0 Å². The molecule has 1 aromatic carbocycles. The molecule has 21 heavy (non-hydrogen) atoms. The molecule has 3 nitrogen and oxygen atoms in total. The number of amides is 1. The van der Waals surface area contributed by atoms with Gasteiger partial charge in [-0.25, -0.2) is 0 Å². The third-order valence-corrected chi connectivity index (χ3v) is 5.94. The molecule has 1 aromatic rings. The van der Waals surface area contributed by atoms with Gasteiger partial charge in [-0.3, -0.25) is 4.79 Å². The molecule has 2 aliphatic rings. The maximum absolute atomic E-state index is 12.3. The summed E-state index contributed by atoms with van der Waals surface area (Å²) in [4.78, 5) is 13.6. The van der Waals surface area contributed by atoms with Gasteiger partial charge in [0, 0.05) is 15.8 Å². The number of anilines is 1. The van der Waals surface area contributed by atoms with Crippen molar-refractivity contribution >= 4 is 23.4 Å². The van der Waals surface area contributed by atoms with Gasteiger partial charge in [0.2, 0.25) is 5.91 Å². The number of rotatable bonds is 4. The van der Waals surface area contributed by atoms with E-state index in [2.05, 4.69) is 22.8 Å². The molecule has 1 unspecified atom stereocenters. The second kappa shape index (κ2) is 6.41. The Morgan fingerprint density at radius 3 is 2.57 bits per heavy atom. The normalized spacial score (nSPS) is 26.1. The second-order valence-electron chi connectivity index (χ2n) is 6.37. The molecule has 1 aliphatic heterocycles. The fourth-order valence-electron chi connectivity index (χ4n) is 3.17. The minimum Gasteiger partial charge on any atom is -0.324 e. The predicted octanol–water partition coefficient (Wildman–Crippen LogP) is 3.80. The van der Waals surface area contributed by atoms with Gasteiger partial charge < -0.3 is 10.6 Å². The summed E-state index contributed by atoms with van der Waals surface area (Å²) < 4.78 is 0. The Morgan fingerprint density at radius 1 is 1.24 bits per heavy atom. The third kappa shape index (κ3) is 3.61. The molecule has 0 aromatic heterocycles. The Labute approximate surface area is 131 Å². The Kier molecular flexibility index (Phi) is 4.55. The maximum atomic E-state index is 12.3. The van der Waals surface area contributed by atoms with Gasteiger partial charge in [-0.05, 0) is 63.4 Å². The van der Waals surface area contributed by atoms with Crippen molar-refractivity contribution in [3.63, 3.8) is 0 Å². The molecule has 1 saturated carbocycles. The van der Waals surface area contributed by atoms with E-state index >= 15 is 0 Å². The number of thioether (sulfide) groups is 1. The third-order valence-electron chi connectivity index (χ3n) is 4.59. The summed E-state index contributed by atoms with van der Waals surface area (Å²) in [7, 11) is 0. The van der Waals surface area contributed by atoms with Crippen molar-refractivity contribution in [1.29, 1.82) is 0 Å². The standard InChI is InChI=1S/C17H24N2OS/c1-17(11-4-12-18-17)16(20)19-13-7-9-15(10-8-13)21-14-5-2-3-6-14/h7-10,14,18H,2-6,11-12H2,1H3,(H,19,20). The fraction of sp³-hybridized carbons (Fsp3) is 0.588. The van der Waals surface area contributed by atoms with Crippen molar-refractivity contribution in [3.05, 3.63) is 24.3 Å².